The maximum atomic E-state index is 13.5. The number of nitrogens with one attached hydrogen (secondary N) is 1. The zero-order valence-corrected chi connectivity index (χ0v) is 19.5. The monoisotopic (exact) mass is 467 g/mol. The molecule has 33 heavy (non-hydrogen) atoms. The fraction of sp³-hybridized carbons (Fsp3) is 0.320. The van der Waals surface area contributed by atoms with Crippen LogP contribution in [-0.2, 0) is 17.8 Å². The van der Waals surface area contributed by atoms with Gasteiger partial charge in [0.05, 0.1) is 6.04 Å². The van der Waals surface area contributed by atoms with Gasteiger partial charge in [-0.1, -0.05) is 25.1 Å². The predicted octanol–water partition coefficient (Wildman–Crippen LogP) is 4.50. The first-order valence-electron chi connectivity index (χ1n) is 11.0. The van der Waals surface area contributed by atoms with E-state index in [1.54, 1.807) is 29.3 Å². The molecule has 1 aromatic heterocycles. The second-order valence-electron chi connectivity index (χ2n) is 7.95. The fourth-order valence-corrected chi connectivity index (χ4v) is 4.67. The summed E-state index contributed by atoms with van der Waals surface area (Å²) in [5, 5.41) is 5.25. The van der Waals surface area contributed by atoms with E-state index in [-0.39, 0.29) is 30.3 Å². The van der Waals surface area contributed by atoms with E-state index in [9.17, 15) is 14.0 Å². The van der Waals surface area contributed by atoms with E-state index in [4.69, 9.17) is 4.74 Å². The molecule has 3 aromatic rings. The Kier molecular flexibility index (Phi) is 7.03. The summed E-state index contributed by atoms with van der Waals surface area (Å²) in [4.78, 5) is 30.6. The largest absolute Gasteiger partial charge is 0.486 e. The fourth-order valence-electron chi connectivity index (χ4n) is 3.98. The van der Waals surface area contributed by atoms with Crippen LogP contribution in [0.15, 0.2) is 47.8 Å². The molecular formula is C25H26FN3O3S. The highest BCUT2D eigenvalue weighted by molar-refractivity contribution is 7.09. The molecule has 0 spiro atoms. The Labute approximate surface area is 196 Å². The Balaban J connectivity index is 1.54. The standard InChI is InChI=1S/C25H26FN3O3S/c1-3-11-27-25(31)22-15-33-23(28-22)14-32-20-9-6-17-10-12-29(16(2)30)24(21(17)13-20)18-4-7-19(26)8-5-18/h4-9,13,15,24H,3,10-12,14H2,1-2H3,(H,27,31). The topological polar surface area (TPSA) is 71.5 Å². The number of carbonyl (C=O) groups excluding carboxylic acids is 2. The van der Waals surface area contributed by atoms with Crippen molar-refractivity contribution < 1.29 is 18.7 Å². The molecule has 0 bridgehead atoms. The molecule has 4 rings (SSSR count). The first-order valence-corrected chi connectivity index (χ1v) is 11.8. The van der Waals surface area contributed by atoms with E-state index >= 15 is 0 Å². The van der Waals surface area contributed by atoms with Gasteiger partial charge < -0.3 is 15.0 Å². The molecule has 8 heteroatoms. The first kappa shape index (κ1) is 22.9. The molecule has 1 unspecified atom stereocenters. The Morgan fingerprint density at radius 2 is 2.03 bits per heavy atom. The van der Waals surface area contributed by atoms with E-state index in [2.05, 4.69) is 10.3 Å². The lowest BCUT2D eigenvalue weighted by Gasteiger charge is -2.37. The van der Waals surface area contributed by atoms with Gasteiger partial charge in [-0.25, -0.2) is 9.37 Å². The van der Waals surface area contributed by atoms with Crippen molar-refractivity contribution in [3.8, 4) is 5.75 Å². The van der Waals surface area contributed by atoms with Crippen molar-refractivity contribution in [3.63, 3.8) is 0 Å². The van der Waals surface area contributed by atoms with E-state index in [0.717, 1.165) is 29.5 Å². The molecule has 172 valence electrons. The summed E-state index contributed by atoms with van der Waals surface area (Å²) in [5.74, 6) is 0.128. The van der Waals surface area contributed by atoms with Crippen molar-refractivity contribution >= 4 is 23.2 Å². The molecule has 1 atom stereocenters. The SMILES string of the molecule is CCCNC(=O)c1csc(COc2ccc3c(c2)C(c2ccc(F)cc2)N(C(C)=O)CC3)n1. The van der Waals surface area contributed by atoms with Gasteiger partial charge in [-0.3, -0.25) is 9.59 Å². The summed E-state index contributed by atoms with van der Waals surface area (Å²) in [7, 11) is 0. The Morgan fingerprint density at radius 3 is 2.76 bits per heavy atom. The van der Waals surface area contributed by atoms with E-state index in [1.165, 1.54) is 23.5 Å². The van der Waals surface area contributed by atoms with Gasteiger partial charge in [0.25, 0.3) is 5.91 Å². The van der Waals surface area contributed by atoms with Crippen LogP contribution in [0.3, 0.4) is 0 Å². The van der Waals surface area contributed by atoms with Crippen LogP contribution in [0.2, 0.25) is 0 Å². The highest BCUT2D eigenvalue weighted by Gasteiger charge is 2.31. The van der Waals surface area contributed by atoms with Gasteiger partial charge in [0.15, 0.2) is 0 Å². The van der Waals surface area contributed by atoms with E-state index in [1.807, 2.05) is 25.1 Å². The van der Waals surface area contributed by atoms with Crippen LogP contribution in [0, 0.1) is 5.82 Å². The summed E-state index contributed by atoms with van der Waals surface area (Å²) in [5.41, 5.74) is 3.36. The third-order valence-electron chi connectivity index (χ3n) is 5.62. The first-order chi connectivity index (χ1) is 16.0. The highest BCUT2D eigenvalue weighted by Crippen LogP contribution is 2.37. The molecular weight excluding hydrogens is 441 g/mol. The molecule has 2 heterocycles. The van der Waals surface area contributed by atoms with Crippen molar-refractivity contribution in [1.82, 2.24) is 15.2 Å². The molecule has 0 fully saturated rings. The summed E-state index contributed by atoms with van der Waals surface area (Å²) in [6, 6.07) is 11.8. The summed E-state index contributed by atoms with van der Waals surface area (Å²) in [6.07, 6.45) is 1.61. The second-order valence-corrected chi connectivity index (χ2v) is 8.89. The van der Waals surface area contributed by atoms with Crippen LogP contribution in [0.1, 0.15) is 58.5 Å². The maximum absolute atomic E-state index is 13.5. The normalized spacial score (nSPS) is 15.1. The summed E-state index contributed by atoms with van der Waals surface area (Å²) < 4.78 is 19.5. The minimum atomic E-state index is -0.313. The number of hydrogen-bond donors (Lipinski definition) is 1. The summed E-state index contributed by atoms with van der Waals surface area (Å²) in [6.45, 7) is 5.01. The lowest BCUT2D eigenvalue weighted by molar-refractivity contribution is -0.130. The molecule has 0 saturated heterocycles. The van der Waals surface area contributed by atoms with Gasteiger partial charge in [-0.05, 0) is 53.8 Å². The van der Waals surface area contributed by atoms with Crippen LogP contribution in [0.5, 0.6) is 5.75 Å². The number of halogens is 1. The van der Waals surface area contributed by atoms with E-state index in [0.29, 0.717) is 29.5 Å². The number of nitrogens with zero attached hydrogens (tertiary/aromatic N) is 2. The molecule has 0 saturated carbocycles. The van der Waals surface area contributed by atoms with Crippen molar-refractivity contribution in [3.05, 3.63) is 81.1 Å². The molecule has 2 aromatic carbocycles. The predicted molar refractivity (Wildman–Crippen MR) is 125 cm³/mol. The molecule has 0 aliphatic carbocycles. The van der Waals surface area contributed by atoms with Crippen molar-refractivity contribution in [1.29, 1.82) is 0 Å². The number of rotatable bonds is 7. The number of fused-ring (bicyclic) bond motifs is 1. The van der Waals surface area contributed by atoms with Crippen molar-refractivity contribution in [2.24, 2.45) is 0 Å². The molecule has 6 nitrogen and oxygen atoms in total. The molecule has 1 aliphatic rings. The summed E-state index contributed by atoms with van der Waals surface area (Å²) >= 11 is 1.38. The minimum Gasteiger partial charge on any atom is -0.486 e. The van der Waals surface area contributed by atoms with Gasteiger partial charge in [0, 0.05) is 25.4 Å². The third-order valence-corrected chi connectivity index (χ3v) is 6.44. The van der Waals surface area contributed by atoms with Gasteiger partial charge in [-0.2, -0.15) is 0 Å². The number of aromatic nitrogens is 1. The maximum Gasteiger partial charge on any atom is 0.270 e. The zero-order valence-electron chi connectivity index (χ0n) is 18.6. The van der Waals surface area contributed by atoms with Crippen LogP contribution in [0.25, 0.3) is 0 Å². The lowest BCUT2D eigenvalue weighted by atomic mass is 9.88. The van der Waals surface area contributed by atoms with Crippen molar-refractivity contribution in [2.45, 2.75) is 39.3 Å². The average molecular weight is 468 g/mol. The number of benzene rings is 2. The van der Waals surface area contributed by atoms with Crippen LogP contribution in [-0.4, -0.2) is 34.8 Å². The lowest BCUT2D eigenvalue weighted by Crippen LogP contribution is -2.39. The Morgan fingerprint density at radius 1 is 1.24 bits per heavy atom. The van der Waals surface area contributed by atoms with Crippen LogP contribution >= 0.6 is 11.3 Å². The van der Waals surface area contributed by atoms with Gasteiger partial charge in [-0.15, -0.1) is 11.3 Å². The Hall–Kier alpha value is -3.26. The smallest absolute Gasteiger partial charge is 0.270 e. The molecule has 1 N–H and O–H groups in total. The van der Waals surface area contributed by atoms with E-state index < -0.39 is 0 Å². The number of amides is 2. The van der Waals surface area contributed by atoms with Crippen LogP contribution in [0.4, 0.5) is 4.39 Å². The average Bonchev–Trinajstić information content (AvgIpc) is 3.30. The number of ether oxygens (including phenoxy) is 1. The Bertz CT molecular complexity index is 1150. The third kappa shape index (κ3) is 5.22. The molecule has 2 amide bonds. The highest BCUT2D eigenvalue weighted by atomic mass is 32.1. The molecule has 0 radical (unpaired) electrons. The number of hydrogen-bond acceptors (Lipinski definition) is 5. The quantitative estimate of drug-likeness (QED) is 0.556. The van der Waals surface area contributed by atoms with Gasteiger partial charge in [0.2, 0.25) is 5.91 Å². The number of thiazole rings is 1. The minimum absolute atomic E-state index is 0.0297. The van der Waals surface area contributed by atoms with Crippen molar-refractivity contribution in [2.75, 3.05) is 13.1 Å². The number of carbonyl (C=O) groups is 2. The van der Waals surface area contributed by atoms with Gasteiger partial charge in [0.1, 0.15) is 28.9 Å². The second kappa shape index (κ2) is 10.1. The molecule has 1 aliphatic heterocycles. The van der Waals surface area contributed by atoms with Crippen LogP contribution < -0.4 is 10.1 Å². The van der Waals surface area contributed by atoms with Gasteiger partial charge >= 0.3 is 0 Å². The zero-order chi connectivity index (χ0) is 23.4.